The number of carbonyl (C=O) groups is 2. The highest BCUT2D eigenvalue weighted by molar-refractivity contribution is 8.18. The van der Waals surface area contributed by atoms with Gasteiger partial charge in [-0.2, -0.15) is 0 Å². The van der Waals surface area contributed by atoms with Gasteiger partial charge in [-0.15, -0.1) is 0 Å². The molecule has 26 heavy (non-hydrogen) atoms. The number of hydrogen-bond acceptors (Lipinski definition) is 6. The molecule has 0 spiro atoms. The van der Waals surface area contributed by atoms with Gasteiger partial charge in [-0.3, -0.25) is 4.79 Å². The lowest BCUT2D eigenvalue weighted by Crippen LogP contribution is -2.19. The third-order valence-electron chi connectivity index (χ3n) is 3.67. The molecule has 2 aliphatic rings. The maximum absolute atomic E-state index is 12.2. The Hall–Kier alpha value is -3.26. The number of carboxylic acid groups (broad SMARTS) is 1. The summed E-state index contributed by atoms with van der Waals surface area (Å²) in [5, 5.41) is 12.1. The molecule has 0 unspecified atom stereocenters. The summed E-state index contributed by atoms with van der Waals surface area (Å²) < 4.78 is 10.6. The van der Waals surface area contributed by atoms with Gasteiger partial charge in [0, 0.05) is 0 Å². The molecule has 0 radical (unpaired) electrons. The van der Waals surface area contributed by atoms with Crippen LogP contribution in [-0.2, 0) is 4.79 Å². The minimum absolute atomic E-state index is 0.136. The van der Waals surface area contributed by atoms with Crippen LogP contribution in [0.25, 0.3) is 6.08 Å². The Morgan fingerprint density at radius 2 is 2.04 bits per heavy atom. The molecule has 0 aliphatic carbocycles. The minimum Gasteiger partial charge on any atom is -0.478 e. The third-order valence-corrected chi connectivity index (χ3v) is 4.58. The molecule has 4 rings (SSSR count). The van der Waals surface area contributed by atoms with Gasteiger partial charge in [0.25, 0.3) is 5.91 Å². The summed E-state index contributed by atoms with van der Waals surface area (Å²) in [6.45, 7) is 0.191. The first-order valence-corrected chi connectivity index (χ1v) is 8.43. The normalized spacial score (nSPS) is 18.4. The molecule has 8 heteroatoms. The molecule has 2 aromatic carbocycles. The van der Waals surface area contributed by atoms with Gasteiger partial charge in [0.1, 0.15) is 0 Å². The number of thioether (sulfide) groups is 1. The number of nitrogens with one attached hydrogen (secondary N) is 1. The van der Waals surface area contributed by atoms with Crippen LogP contribution in [0, 0.1) is 0 Å². The molecule has 0 saturated carbocycles. The van der Waals surface area contributed by atoms with Crippen LogP contribution in [0.3, 0.4) is 0 Å². The largest absolute Gasteiger partial charge is 0.478 e. The minimum atomic E-state index is -1.03. The zero-order valence-electron chi connectivity index (χ0n) is 13.3. The Morgan fingerprint density at radius 3 is 2.88 bits per heavy atom. The lowest BCUT2D eigenvalue weighted by atomic mass is 10.2. The first-order chi connectivity index (χ1) is 12.6. The van der Waals surface area contributed by atoms with E-state index in [1.54, 1.807) is 30.3 Å². The zero-order chi connectivity index (χ0) is 18.1. The molecule has 2 aliphatic heterocycles. The van der Waals surface area contributed by atoms with Crippen molar-refractivity contribution in [2.45, 2.75) is 0 Å². The number of nitrogens with zero attached hydrogens (tertiary/aromatic N) is 1. The molecule has 1 fully saturated rings. The van der Waals surface area contributed by atoms with Gasteiger partial charge in [0.05, 0.1) is 16.2 Å². The lowest BCUT2D eigenvalue weighted by molar-refractivity contribution is -0.115. The molecule has 1 amide bonds. The molecule has 1 saturated heterocycles. The number of fused-ring (bicyclic) bond motifs is 1. The second-order valence-corrected chi connectivity index (χ2v) is 6.48. The number of hydrogen-bond donors (Lipinski definition) is 2. The Balaban J connectivity index is 1.57. The Bertz CT molecular complexity index is 983. The van der Waals surface area contributed by atoms with Crippen molar-refractivity contribution < 1.29 is 24.2 Å². The number of aliphatic imine (C=N–C) groups is 1. The van der Waals surface area contributed by atoms with Gasteiger partial charge in [-0.05, 0) is 53.7 Å². The molecule has 7 nitrogen and oxygen atoms in total. The number of benzene rings is 2. The molecule has 130 valence electrons. The number of amides is 1. The predicted molar refractivity (Wildman–Crippen MR) is 96.8 cm³/mol. The van der Waals surface area contributed by atoms with E-state index in [0.717, 1.165) is 5.56 Å². The topological polar surface area (TPSA) is 97.2 Å². The van der Waals surface area contributed by atoms with Crippen LogP contribution in [0.1, 0.15) is 15.9 Å². The number of aromatic carboxylic acids is 1. The van der Waals surface area contributed by atoms with Crippen molar-refractivity contribution in [2.24, 2.45) is 4.99 Å². The summed E-state index contributed by atoms with van der Waals surface area (Å²) in [5.41, 5.74) is 1.40. The molecular weight excluding hydrogens is 356 g/mol. The smallest absolute Gasteiger partial charge is 0.335 e. The third kappa shape index (κ3) is 3.27. The van der Waals surface area contributed by atoms with Crippen LogP contribution in [-0.4, -0.2) is 28.9 Å². The van der Waals surface area contributed by atoms with E-state index in [9.17, 15) is 9.59 Å². The van der Waals surface area contributed by atoms with E-state index >= 15 is 0 Å². The van der Waals surface area contributed by atoms with Crippen molar-refractivity contribution in [3.8, 4) is 11.5 Å². The summed E-state index contributed by atoms with van der Waals surface area (Å²) >= 11 is 1.19. The zero-order valence-corrected chi connectivity index (χ0v) is 14.1. The van der Waals surface area contributed by atoms with E-state index in [1.165, 1.54) is 23.9 Å². The second kappa shape index (κ2) is 6.57. The van der Waals surface area contributed by atoms with E-state index in [4.69, 9.17) is 14.6 Å². The van der Waals surface area contributed by atoms with E-state index in [1.807, 2.05) is 6.07 Å². The fourth-order valence-electron chi connectivity index (χ4n) is 2.46. The van der Waals surface area contributed by atoms with Crippen molar-refractivity contribution >= 4 is 40.6 Å². The van der Waals surface area contributed by atoms with Crippen molar-refractivity contribution in [1.82, 2.24) is 5.32 Å². The van der Waals surface area contributed by atoms with Crippen LogP contribution >= 0.6 is 11.8 Å². The van der Waals surface area contributed by atoms with Crippen LogP contribution in [0.4, 0.5) is 5.69 Å². The van der Waals surface area contributed by atoms with Gasteiger partial charge in [0.15, 0.2) is 16.7 Å². The molecule has 2 N–H and O–H groups in total. The van der Waals surface area contributed by atoms with Gasteiger partial charge >= 0.3 is 5.97 Å². The Morgan fingerprint density at radius 1 is 1.19 bits per heavy atom. The van der Waals surface area contributed by atoms with E-state index < -0.39 is 5.97 Å². The van der Waals surface area contributed by atoms with Crippen LogP contribution in [0.5, 0.6) is 11.5 Å². The second-order valence-electron chi connectivity index (χ2n) is 5.45. The highest BCUT2D eigenvalue weighted by Gasteiger charge is 2.24. The van der Waals surface area contributed by atoms with Crippen LogP contribution in [0.2, 0.25) is 0 Å². The molecule has 2 heterocycles. The molecule has 2 aromatic rings. The predicted octanol–water partition coefficient (Wildman–Crippen LogP) is 3.01. The quantitative estimate of drug-likeness (QED) is 0.809. The van der Waals surface area contributed by atoms with E-state index in [-0.39, 0.29) is 18.3 Å². The lowest BCUT2D eigenvalue weighted by Gasteiger charge is -1.99. The van der Waals surface area contributed by atoms with Crippen LogP contribution in [0.15, 0.2) is 52.4 Å². The number of amidine groups is 1. The Kier molecular flexibility index (Phi) is 4.10. The summed E-state index contributed by atoms with van der Waals surface area (Å²) in [4.78, 5) is 28.0. The SMILES string of the molecule is O=C1NC(=Nc2cccc(C(=O)O)c2)S/C1=C\c1ccc2c(c1)OCO2. The highest BCUT2D eigenvalue weighted by Crippen LogP contribution is 2.34. The maximum atomic E-state index is 12.2. The summed E-state index contributed by atoms with van der Waals surface area (Å²) in [7, 11) is 0. The van der Waals surface area contributed by atoms with Crippen molar-refractivity contribution in [2.75, 3.05) is 6.79 Å². The number of carbonyl (C=O) groups excluding carboxylic acids is 1. The van der Waals surface area contributed by atoms with Crippen LogP contribution < -0.4 is 14.8 Å². The average molecular weight is 368 g/mol. The number of carboxylic acids is 1. The average Bonchev–Trinajstić information content (AvgIpc) is 3.21. The van der Waals surface area contributed by atoms with Gasteiger partial charge in [-0.1, -0.05) is 12.1 Å². The Labute approximate surface area is 152 Å². The maximum Gasteiger partial charge on any atom is 0.335 e. The fourth-order valence-corrected chi connectivity index (χ4v) is 3.30. The summed E-state index contributed by atoms with van der Waals surface area (Å²) in [5.74, 6) is 0.0257. The van der Waals surface area contributed by atoms with Crippen molar-refractivity contribution in [3.63, 3.8) is 0 Å². The van der Waals surface area contributed by atoms with E-state index in [0.29, 0.717) is 27.3 Å². The number of rotatable bonds is 3. The first-order valence-electron chi connectivity index (χ1n) is 7.61. The van der Waals surface area contributed by atoms with Crippen molar-refractivity contribution in [3.05, 3.63) is 58.5 Å². The van der Waals surface area contributed by atoms with Gasteiger partial charge < -0.3 is 19.9 Å². The summed E-state index contributed by atoms with van der Waals surface area (Å²) in [6.07, 6.45) is 1.73. The highest BCUT2D eigenvalue weighted by atomic mass is 32.2. The molecule has 0 atom stereocenters. The number of ether oxygens (including phenoxy) is 2. The molecule has 0 aromatic heterocycles. The first kappa shape index (κ1) is 16.2. The summed E-state index contributed by atoms with van der Waals surface area (Å²) in [6, 6.07) is 11.6. The molecule has 0 bridgehead atoms. The van der Waals surface area contributed by atoms with Crippen molar-refractivity contribution in [1.29, 1.82) is 0 Å². The van der Waals surface area contributed by atoms with E-state index in [2.05, 4.69) is 10.3 Å². The standard InChI is InChI=1S/C18H12N2O5S/c21-16-15(7-10-4-5-13-14(6-10)25-9-24-13)26-18(20-16)19-12-3-1-2-11(8-12)17(22)23/h1-8H,9H2,(H,22,23)(H,19,20,21)/b15-7-. The molecular formula is C18H12N2O5S. The fraction of sp³-hybridized carbons (Fsp3) is 0.0556. The monoisotopic (exact) mass is 368 g/mol. The van der Waals surface area contributed by atoms with Gasteiger partial charge in [0.2, 0.25) is 6.79 Å². The van der Waals surface area contributed by atoms with Gasteiger partial charge in [-0.25, -0.2) is 9.79 Å².